The fourth-order valence-corrected chi connectivity index (χ4v) is 1.36. The third-order valence-corrected chi connectivity index (χ3v) is 2.39. The highest BCUT2D eigenvalue weighted by atomic mass is 19.3. The van der Waals surface area contributed by atoms with E-state index in [1.165, 1.54) is 7.05 Å². The Morgan fingerprint density at radius 1 is 1.33 bits per heavy atom. The molecule has 100 valence electrons. The Bertz CT molecular complexity index is 394. The Morgan fingerprint density at radius 2 is 1.94 bits per heavy atom. The van der Waals surface area contributed by atoms with Gasteiger partial charge in [-0.05, 0) is 17.7 Å². The first kappa shape index (κ1) is 14.5. The van der Waals surface area contributed by atoms with Gasteiger partial charge in [0.25, 0.3) is 11.8 Å². The summed E-state index contributed by atoms with van der Waals surface area (Å²) in [5.74, 6) is -3.30. The molecule has 0 bridgehead atoms. The largest absolute Gasteiger partial charge is 0.390 e. The number of hydrogen-bond donors (Lipinski definition) is 3. The number of aliphatic hydroxyl groups is 1. The molecular formula is C12H16F2N2O2. The lowest BCUT2D eigenvalue weighted by Crippen LogP contribution is -2.35. The summed E-state index contributed by atoms with van der Waals surface area (Å²) < 4.78 is 25.4. The van der Waals surface area contributed by atoms with Crippen LogP contribution in [-0.2, 0) is 6.54 Å². The van der Waals surface area contributed by atoms with Gasteiger partial charge in [-0.1, -0.05) is 12.1 Å². The number of carbonyl (C=O) groups is 1. The van der Waals surface area contributed by atoms with Gasteiger partial charge in [-0.15, -0.1) is 0 Å². The van der Waals surface area contributed by atoms with Crippen LogP contribution in [0.3, 0.4) is 0 Å². The fourth-order valence-electron chi connectivity index (χ4n) is 1.36. The van der Waals surface area contributed by atoms with Crippen molar-refractivity contribution >= 4 is 5.91 Å². The molecule has 0 heterocycles. The summed E-state index contributed by atoms with van der Waals surface area (Å²) in [6, 6.07) is 6.63. The van der Waals surface area contributed by atoms with E-state index in [2.05, 4.69) is 10.6 Å². The van der Waals surface area contributed by atoms with Crippen molar-refractivity contribution in [3.8, 4) is 0 Å². The van der Waals surface area contributed by atoms with E-state index in [1.54, 1.807) is 24.3 Å². The molecule has 1 aromatic carbocycles. The van der Waals surface area contributed by atoms with Gasteiger partial charge in [-0.2, -0.15) is 0 Å². The van der Waals surface area contributed by atoms with E-state index < -0.39 is 19.1 Å². The highest BCUT2D eigenvalue weighted by molar-refractivity contribution is 5.93. The van der Waals surface area contributed by atoms with Crippen molar-refractivity contribution in [3.05, 3.63) is 35.4 Å². The number of benzene rings is 1. The molecule has 0 saturated carbocycles. The number of alkyl halides is 2. The average Bonchev–Trinajstić information content (AvgIpc) is 2.38. The average molecular weight is 258 g/mol. The van der Waals surface area contributed by atoms with E-state index in [9.17, 15) is 13.6 Å². The molecule has 0 aliphatic heterocycles. The van der Waals surface area contributed by atoms with E-state index in [1.807, 2.05) is 0 Å². The molecule has 0 aliphatic rings. The third-order valence-electron chi connectivity index (χ3n) is 2.39. The second-order valence-electron chi connectivity index (χ2n) is 3.89. The molecule has 0 radical (unpaired) electrons. The van der Waals surface area contributed by atoms with Crippen molar-refractivity contribution in [1.82, 2.24) is 10.6 Å². The molecule has 6 heteroatoms. The van der Waals surface area contributed by atoms with Gasteiger partial charge in [0.1, 0.15) is 6.61 Å². The van der Waals surface area contributed by atoms with E-state index in [0.29, 0.717) is 5.56 Å². The Labute approximate surface area is 104 Å². The van der Waals surface area contributed by atoms with Crippen LogP contribution in [0.2, 0.25) is 0 Å². The number of aliphatic hydroxyl groups excluding tert-OH is 1. The van der Waals surface area contributed by atoms with E-state index in [4.69, 9.17) is 5.11 Å². The van der Waals surface area contributed by atoms with Crippen LogP contribution in [0, 0.1) is 0 Å². The van der Waals surface area contributed by atoms with E-state index >= 15 is 0 Å². The van der Waals surface area contributed by atoms with Crippen molar-refractivity contribution in [2.45, 2.75) is 12.5 Å². The number of amides is 1. The first-order valence-corrected chi connectivity index (χ1v) is 5.49. The van der Waals surface area contributed by atoms with Crippen molar-refractivity contribution in [1.29, 1.82) is 0 Å². The summed E-state index contributed by atoms with van der Waals surface area (Å²) >= 11 is 0. The maximum atomic E-state index is 12.7. The molecule has 0 atom stereocenters. The lowest BCUT2D eigenvalue weighted by molar-refractivity contribution is -0.0477. The van der Waals surface area contributed by atoms with Gasteiger partial charge in [-0.3, -0.25) is 4.79 Å². The minimum atomic E-state index is -3.11. The Kier molecular flexibility index (Phi) is 5.18. The topological polar surface area (TPSA) is 61.4 Å². The summed E-state index contributed by atoms with van der Waals surface area (Å²) in [7, 11) is 1.54. The molecule has 1 amide bonds. The molecule has 0 aliphatic carbocycles. The number of rotatable bonds is 6. The quantitative estimate of drug-likeness (QED) is 0.706. The monoisotopic (exact) mass is 258 g/mol. The Balaban J connectivity index is 2.47. The molecule has 0 fully saturated rings. The van der Waals surface area contributed by atoms with Crippen molar-refractivity contribution < 1.29 is 18.7 Å². The molecule has 0 unspecified atom stereocenters. The number of hydrogen-bond acceptors (Lipinski definition) is 3. The van der Waals surface area contributed by atoms with Crippen molar-refractivity contribution in [3.63, 3.8) is 0 Å². The highest BCUT2D eigenvalue weighted by Crippen LogP contribution is 2.10. The predicted octanol–water partition coefficient (Wildman–Crippen LogP) is 0.763. The minimum absolute atomic E-state index is 0.193. The molecule has 1 rings (SSSR count). The smallest absolute Gasteiger partial charge is 0.282 e. The van der Waals surface area contributed by atoms with Crippen LogP contribution in [0.5, 0.6) is 0 Å². The normalized spacial score (nSPS) is 11.3. The molecular weight excluding hydrogens is 242 g/mol. The van der Waals surface area contributed by atoms with Crippen LogP contribution in [0.1, 0.15) is 15.9 Å². The molecule has 1 aromatic rings. The van der Waals surface area contributed by atoms with E-state index in [0.717, 1.165) is 5.56 Å². The van der Waals surface area contributed by atoms with Crippen LogP contribution < -0.4 is 10.6 Å². The zero-order valence-electron chi connectivity index (χ0n) is 10.0. The van der Waals surface area contributed by atoms with Gasteiger partial charge in [-0.25, -0.2) is 8.78 Å². The summed E-state index contributed by atoms with van der Waals surface area (Å²) in [6.07, 6.45) is 0. The Hall–Kier alpha value is -1.53. The first-order valence-electron chi connectivity index (χ1n) is 5.49. The molecule has 0 saturated heterocycles. The maximum Gasteiger partial charge on any atom is 0.282 e. The maximum absolute atomic E-state index is 12.7. The van der Waals surface area contributed by atoms with Crippen LogP contribution in [0.25, 0.3) is 0 Å². The fraction of sp³-hybridized carbons (Fsp3) is 0.417. The Morgan fingerprint density at radius 3 is 2.44 bits per heavy atom. The number of halogens is 2. The zero-order chi connectivity index (χ0) is 13.6. The minimum Gasteiger partial charge on any atom is -0.390 e. The summed E-state index contributed by atoms with van der Waals surface area (Å²) in [5.41, 5.74) is 1.30. The third kappa shape index (κ3) is 4.38. The SMILES string of the molecule is CNC(=O)c1ccc(CNCC(F)(F)CO)cc1. The van der Waals surface area contributed by atoms with Crippen molar-refractivity contribution in [2.24, 2.45) is 0 Å². The molecule has 18 heavy (non-hydrogen) atoms. The molecule has 4 nitrogen and oxygen atoms in total. The summed E-state index contributed by atoms with van der Waals surface area (Å²) in [5, 5.41) is 13.4. The van der Waals surface area contributed by atoms with Gasteiger partial charge in [0.05, 0.1) is 6.54 Å². The van der Waals surface area contributed by atoms with Crippen LogP contribution >= 0.6 is 0 Å². The summed E-state index contributed by atoms with van der Waals surface area (Å²) in [6.45, 7) is -1.50. The number of carbonyl (C=O) groups excluding carboxylic acids is 1. The first-order chi connectivity index (χ1) is 8.48. The second-order valence-corrected chi connectivity index (χ2v) is 3.89. The van der Waals surface area contributed by atoms with Crippen LogP contribution in [0.4, 0.5) is 8.78 Å². The summed E-state index contributed by atoms with van der Waals surface area (Å²) in [4.78, 5) is 11.3. The van der Waals surface area contributed by atoms with Gasteiger partial charge >= 0.3 is 0 Å². The van der Waals surface area contributed by atoms with Crippen LogP contribution in [0.15, 0.2) is 24.3 Å². The lowest BCUT2D eigenvalue weighted by atomic mass is 10.1. The molecule has 0 aromatic heterocycles. The lowest BCUT2D eigenvalue weighted by Gasteiger charge is -2.13. The highest BCUT2D eigenvalue weighted by Gasteiger charge is 2.26. The van der Waals surface area contributed by atoms with Crippen LogP contribution in [-0.4, -0.2) is 37.1 Å². The predicted molar refractivity (Wildman–Crippen MR) is 63.6 cm³/mol. The molecule has 3 N–H and O–H groups in total. The van der Waals surface area contributed by atoms with E-state index in [-0.39, 0.29) is 12.5 Å². The van der Waals surface area contributed by atoms with Crippen molar-refractivity contribution in [2.75, 3.05) is 20.2 Å². The second kappa shape index (κ2) is 6.42. The van der Waals surface area contributed by atoms with Gasteiger partial charge in [0, 0.05) is 19.2 Å². The van der Waals surface area contributed by atoms with Gasteiger partial charge < -0.3 is 15.7 Å². The number of nitrogens with one attached hydrogen (secondary N) is 2. The molecule has 0 spiro atoms. The standard InChI is InChI=1S/C12H16F2N2O2/c1-15-11(18)10-4-2-9(3-5-10)6-16-7-12(13,14)8-17/h2-5,16-17H,6-8H2,1H3,(H,15,18). The van der Waals surface area contributed by atoms with Gasteiger partial charge in [0.2, 0.25) is 0 Å². The zero-order valence-corrected chi connectivity index (χ0v) is 10.0. The van der Waals surface area contributed by atoms with Gasteiger partial charge in [0.15, 0.2) is 0 Å².